The van der Waals surface area contributed by atoms with E-state index in [0.717, 1.165) is 18.3 Å². The van der Waals surface area contributed by atoms with Crippen molar-refractivity contribution in [2.75, 3.05) is 0 Å². The lowest BCUT2D eigenvalue weighted by molar-refractivity contribution is -0.114. The van der Waals surface area contributed by atoms with Crippen LogP contribution in [-0.4, -0.2) is 5.78 Å². The molecule has 2 bridgehead atoms. The Morgan fingerprint density at radius 2 is 1.94 bits per heavy atom. The van der Waals surface area contributed by atoms with Gasteiger partial charge in [0.1, 0.15) is 0 Å². The first-order valence-corrected chi connectivity index (χ1v) is 7.51. The molecule has 4 atom stereocenters. The van der Waals surface area contributed by atoms with Crippen LogP contribution in [0.5, 0.6) is 0 Å². The maximum atomic E-state index is 12.0. The molecule has 0 aliphatic heterocycles. The van der Waals surface area contributed by atoms with Crippen molar-refractivity contribution in [1.29, 1.82) is 0 Å². The maximum Gasteiger partial charge on any atom is 0.155 e. The monoisotopic (exact) mass is 246 g/mol. The van der Waals surface area contributed by atoms with Crippen molar-refractivity contribution in [3.8, 4) is 0 Å². The van der Waals surface area contributed by atoms with Crippen molar-refractivity contribution in [3.05, 3.63) is 11.1 Å². The van der Waals surface area contributed by atoms with Crippen LogP contribution in [0.15, 0.2) is 11.1 Å². The molecule has 0 unspecified atom stereocenters. The minimum Gasteiger partial charge on any atom is -0.295 e. The second kappa shape index (κ2) is 3.49. The standard InChI is InChI=1S/C17H26O/c1-10-6-7-15-16(4,5)14-9-17(10,15)8-13(11(14)2)12(3)18/h10,14-15H,6-9H2,1-5H3/t10-,14+,15+,17-/m1/s1. The molecule has 1 nitrogen and oxygen atoms in total. The maximum absolute atomic E-state index is 12.0. The zero-order valence-corrected chi connectivity index (χ0v) is 12.5. The summed E-state index contributed by atoms with van der Waals surface area (Å²) in [5, 5.41) is 0. The molecule has 2 saturated carbocycles. The van der Waals surface area contributed by atoms with E-state index < -0.39 is 0 Å². The topological polar surface area (TPSA) is 17.1 Å². The lowest BCUT2D eigenvalue weighted by atomic mass is 9.65. The Bertz CT molecular complexity index is 443. The average molecular weight is 246 g/mol. The van der Waals surface area contributed by atoms with E-state index in [9.17, 15) is 4.79 Å². The molecule has 0 aromatic rings. The van der Waals surface area contributed by atoms with Crippen molar-refractivity contribution in [2.45, 2.75) is 60.3 Å². The van der Waals surface area contributed by atoms with Crippen LogP contribution in [0.25, 0.3) is 0 Å². The zero-order chi connectivity index (χ0) is 13.3. The lowest BCUT2D eigenvalue weighted by Gasteiger charge is -2.38. The first-order valence-electron chi connectivity index (χ1n) is 7.51. The average Bonchev–Trinajstić information content (AvgIpc) is 2.68. The van der Waals surface area contributed by atoms with Crippen molar-refractivity contribution in [2.24, 2.45) is 28.6 Å². The largest absolute Gasteiger partial charge is 0.295 e. The molecule has 0 aromatic carbocycles. The fourth-order valence-corrected chi connectivity index (χ4v) is 5.84. The number of hydrogen-bond acceptors (Lipinski definition) is 1. The number of rotatable bonds is 1. The number of ketones is 1. The summed E-state index contributed by atoms with van der Waals surface area (Å²) in [7, 11) is 0. The van der Waals surface area contributed by atoms with Crippen LogP contribution in [-0.2, 0) is 4.79 Å². The van der Waals surface area contributed by atoms with Gasteiger partial charge in [0, 0.05) is 0 Å². The van der Waals surface area contributed by atoms with Gasteiger partial charge in [-0.1, -0.05) is 26.3 Å². The molecule has 1 heteroatoms. The van der Waals surface area contributed by atoms with E-state index >= 15 is 0 Å². The fraction of sp³-hybridized carbons (Fsp3) is 0.824. The second-order valence-corrected chi connectivity index (χ2v) is 7.74. The Hall–Kier alpha value is -0.590. The third-order valence-electron chi connectivity index (χ3n) is 6.87. The van der Waals surface area contributed by atoms with Gasteiger partial charge in [0.05, 0.1) is 0 Å². The molecular weight excluding hydrogens is 220 g/mol. The fourth-order valence-electron chi connectivity index (χ4n) is 5.84. The van der Waals surface area contributed by atoms with E-state index in [0.29, 0.717) is 22.5 Å². The summed E-state index contributed by atoms with van der Waals surface area (Å²) in [4.78, 5) is 12.0. The molecule has 18 heavy (non-hydrogen) atoms. The third-order valence-corrected chi connectivity index (χ3v) is 6.87. The van der Waals surface area contributed by atoms with Crippen LogP contribution in [0.4, 0.5) is 0 Å². The smallest absolute Gasteiger partial charge is 0.155 e. The molecule has 3 aliphatic carbocycles. The second-order valence-electron chi connectivity index (χ2n) is 7.74. The van der Waals surface area contributed by atoms with Gasteiger partial charge in [-0.15, -0.1) is 0 Å². The molecule has 100 valence electrons. The highest BCUT2D eigenvalue weighted by Gasteiger charge is 2.64. The summed E-state index contributed by atoms with van der Waals surface area (Å²) in [6.45, 7) is 11.3. The molecule has 0 radical (unpaired) electrons. The molecule has 2 fully saturated rings. The van der Waals surface area contributed by atoms with Crippen LogP contribution >= 0.6 is 0 Å². The van der Waals surface area contributed by atoms with Gasteiger partial charge < -0.3 is 0 Å². The van der Waals surface area contributed by atoms with E-state index in [-0.39, 0.29) is 0 Å². The van der Waals surface area contributed by atoms with Crippen LogP contribution in [0.2, 0.25) is 0 Å². The van der Waals surface area contributed by atoms with Gasteiger partial charge in [-0.05, 0) is 73.7 Å². The van der Waals surface area contributed by atoms with Crippen LogP contribution < -0.4 is 0 Å². The van der Waals surface area contributed by atoms with Gasteiger partial charge >= 0.3 is 0 Å². The van der Waals surface area contributed by atoms with Crippen molar-refractivity contribution >= 4 is 5.78 Å². The van der Waals surface area contributed by atoms with Gasteiger partial charge in [0.25, 0.3) is 0 Å². The molecule has 0 saturated heterocycles. The quantitative estimate of drug-likeness (QED) is 0.671. The molecule has 3 rings (SSSR count). The molecule has 0 amide bonds. The predicted octanol–water partition coefficient (Wildman–Crippen LogP) is 4.37. The lowest BCUT2D eigenvalue weighted by Crippen LogP contribution is -2.32. The van der Waals surface area contributed by atoms with Crippen LogP contribution in [0, 0.1) is 28.6 Å². The summed E-state index contributed by atoms with van der Waals surface area (Å²) in [6, 6.07) is 0. The Kier molecular flexibility index (Phi) is 2.41. The van der Waals surface area contributed by atoms with Crippen LogP contribution in [0.3, 0.4) is 0 Å². The highest BCUT2D eigenvalue weighted by atomic mass is 16.1. The summed E-state index contributed by atoms with van der Waals surface area (Å²) in [5.74, 6) is 2.61. The first-order chi connectivity index (χ1) is 8.30. The zero-order valence-electron chi connectivity index (χ0n) is 12.5. The molecule has 0 heterocycles. The number of fused-ring (bicyclic) bond motifs is 1. The molecular formula is C17H26O. The van der Waals surface area contributed by atoms with Gasteiger partial charge in [-0.3, -0.25) is 4.79 Å². The number of carbonyl (C=O) groups excluding carboxylic acids is 1. The number of Topliss-reactive ketones (excluding diaryl/α,β-unsaturated/α-hetero) is 1. The van der Waals surface area contributed by atoms with Gasteiger partial charge in [-0.25, -0.2) is 0 Å². The van der Waals surface area contributed by atoms with E-state index in [4.69, 9.17) is 0 Å². The van der Waals surface area contributed by atoms with Gasteiger partial charge in [0.15, 0.2) is 5.78 Å². The Balaban J connectivity index is 2.15. The number of allylic oxidation sites excluding steroid dienone is 2. The summed E-state index contributed by atoms with van der Waals surface area (Å²) >= 11 is 0. The van der Waals surface area contributed by atoms with E-state index in [2.05, 4.69) is 27.7 Å². The van der Waals surface area contributed by atoms with E-state index in [1.165, 1.54) is 30.4 Å². The molecule has 0 aromatic heterocycles. The SMILES string of the molecule is CC(=O)C1=C(C)[C@@H]2C[C@]3(C1)[C@H](C)CC[C@H]3C2(C)C. The Labute approximate surface area is 111 Å². The normalized spacial score (nSPS) is 45.3. The van der Waals surface area contributed by atoms with Gasteiger partial charge in [0.2, 0.25) is 0 Å². The summed E-state index contributed by atoms with van der Waals surface area (Å²) in [6.07, 6.45) is 5.16. The highest BCUT2D eigenvalue weighted by molar-refractivity contribution is 5.94. The predicted molar refractivity (Wildman–Crippen MR) is 74.2 cm³/mol. The first kappa shape index (κ1) is 12.4. The Morgan fingerprint density at radius 1 is 1.28 bits per heavy atom. The minimum absolute atomic E-state index is 0.326. The van der Waals surface area contributed by atoms with Crippen molar-refractivity contribution < 1.29 is 4.79 Å². The van der Waals surface area contributed by atoms with Crippen molar-refractivity contribution in [3.63, 3.8) is 0 Å². The summed E-state index contributed by atoms with van der Waals surface area (Å²) in [5.41, 5.74) is 3.44. The Morgan fingerprint density at radius 3 is 2.56 bits per heavy atom. The molecule has 0 N–H and O–H groups in total. The molecule has 3 aliphatic rings. The van der Waals surface area contributed by atoms with Crippen LogP contribution in [0.1, 0.15) is 60.3 Å². The van der Waals surface area contributed by atoms with Gasteiger partial charge in [-0.2, -0.15) is 0 Å². The summed E-state index contributed by atoms with van der Waals surface area (Å²) < 4.78 is 0. The van der Waals surface area contributed by atoms with Crippen molar-refractivity contribution in [1.82, 2.24) is 0 Å². The van der Waals surface area contributed by atoms with E-state index in [1.54, 1.807) is 6.92 Å². The number of carbonyl (C=O) groups is 1. The number of hydrogen-bond donors (Lipinski definition) is 0. The van der Waals surface area contributed by atoms with E-state index in [1.807, 2.05) is 0 Å². The highest BCUT2D eigenvalue weighted by Crippen LogP contribution is 2.72. The third kappa shape index (κ3) is 1.26. The molecule has 1 spiro atoms. The minimum atomic E-state index is 0.326.